The molecule has 2 aliphatic rings. The van der Waals surface area contributed by atoms with Gasteiger partial charge in [-0.1, -0.05) is 18.6 Å². The first-order valence-electron chi connectivity index (χ1n) is 10.7. The van der Waals surface area contributed by atoms with Crippen molar-refractivity contribution in [1.82, 2.24) is 4.31 Å². The number of carbonyl (C=O) groups is 2. The van der Waals surface area contributed by atoms with E-state index in [1.165, 1.54) is 10.4 Å². The molecule has 0 bridgehead atoms. The predicted molar refractivity (Wildman–Crippen MR) is 120 cm³/mol. The first-order valence-corrected chi connectivity index (χ1v) is 12.1. The number of piperidine rings is 1. The van der Waals surface area contributed by atoms with Gasteiger partial charge in [0.1, 0.15) is 0 Å². The number of nitrogens with one attached hydrogen (secondary N) is 2. The second kappa shape index (κ2) is 8.80. The predicted octanol–water partition coefficient (Wildman–Crippen LogP) is 3.77. The Labute approximate surface area is 182 Å². The summed E-state index contributed by atoms with van der Waals surface area (Å²) in [6.07, 6.45) is 4.57. The number of aryl methyl sites for hydroxylation is 1. The number of benzene rings is 2. The molecule has 0 atom stereocenters. The Morgan fingerprint density at radius 3 is 2.29 bits per heavy atom. The number of amides is 2. The lowest BCUT2D eigenvalue weighted by Crippen LogP contribution is -2.35. The summed E-state index contributed by atoms with van der Waals surface area (Å²) >= 11 is 0. The highest BCUT2D eigenvalue weighted by Gasteiger charge is 2.30. The monoisotopic (exact) mass is 441 g/mol. The van der Waals surface area contributed by atoms with E-state index in [0.29, 0.717) is 35.6 Å². The highest BCUT2D eigenvalue weighted by Crippen LogP contribution is 2.30. The van der Waals surface area contributed by atoms with Gasteiger partial charge in [0.15, 0.2) is 0 Å². The molecule has 2 fully saturated rings. The molecule has 0 aromatic heterocycles. The van der Waals surface area contributed by atoms with Crippen LogP contribution in [0.1, 0.15) is 48.0 Å². The van der Waals surface area contributed by atoms with E-state index >= 15 is 0 Å². The van der Waals surface area contributed by atoms with E-state index in [-0.39, 0.29) is 22.6 Å². The second-order valence-electron chi connectivity index (χ2n) is 8.24. The van der Waals surface area contributed by atoms with Gasteiger partial charge in [-0.05, 0) is 68.5 Å². The first kappa shape index (κ1) is 21.5. The van der Waals surface area contributed by atoms with Crippen molar-refractivity contribution in [1.29, 1.82) is 0 Å². The first-order chi connectivity index (χ1) is 14.8. The van der Waals surface area contributed by atoms with Crippen molar-refractivity contribution in [3.8, 4) is 0 Å². The Balaban J connectivity index is 1.52. The van der Waals surface area contributed by atoms with Crippen LogP contribution in [-0.2, 0) is 14.8 Å². The number of carbonyl (C=O) groups excluding carboxylic acids is 2. The Bertz CT molecular complexity index is 1100. The molecule has 2 N–H and O–H groups in total. The summed E-state index contributed by atoms with van der Waals surface area (Å²) in [6, 6.07) is 11.6. The van der Waals surface area contributed by atoms with Gasteiger partial charge in [0.05, 0.1) is 4.90 Å². The van der Waals surface area contributed by atoms with Crippen LogP contribution >= 0.6 is 0 Å². The van der Waals surface area contributed by atoms with Gasteiger partial charge in [0.25, 0.3) is 5.91 Å². The molecule has 2 aromatic rings. The van der Waals surface area contributed by atoms with Crippen LogP contribution in [0.5, 0.6) is 0 Å². The van der Waals surface area contributed by atoms with Crippen molar-refractivity contribution >= 4 is 33.2 Å². The van der Waals surface area contributed by atoms with Crippen molar-refractivity contribution in [3.63, 3.8) is 0 Å². The summed E-state index contributed by atoms with van der Waals surface area (Å²) in [7, 11) is -3.62. The minimum Gasteiger partial charge on any atom is -0.326 e. The molecule has 164 valence electrons. The lowest BCUT2D eigenvalue weighted by Gasteiger charge is -2.26. The smallest absolute Gasteiger partial charge is 0.255 e. The SMILES string of the molecule is Cc1ccc(S(=O)(=O)N2CCCCC2)cc1C(=O)Nc1cccc(NC(=O)C2CC2)c1. The molecule has 31 heavy (non-hydrogen) atoms. The van der Waals surface area contributed by atoms with Crippen LogP contribution in [0.4, 0.5) is 11.4 Å². The number of hydrogen-bond donors (Lipinski definition) is 2. The van der Waals surface area contributed by atoms with Crippen LogP contribution in [0.2, 0.25) is 0 Å². The number of nitrogens with zero attached hydrogens (tertiary/aromatic N) is 1. The molecule has 8 heteroatoms. The Morgan fingerprint density at radius 1 is 0.935 bits per heavy atom. The van der Waals surface area contributed by atoms with Gasteiger partial charge in [-0.15, -0.1) is 0 Å². The van der Waals surface area contributed by atoms with Gasteiger partial charge in [-0.2, -0.15) is 4.31 Å². The molecule has 0 unspecified atom stereocenters. The molecule has 1 aliphatic heterocycles. The molecular formula is C23H27N3O4S. The summed E-state index contributed by atoms with van der Waals surface area (Å²) in [4.78, 5) is 25.0. The average Bonchev–Trinajstić information content (AvgIpc) is 3.60. The molecule has 1 aliphatic carbocycles. The number of rotatable bonds is 6. The van der Waals surface area contributed by atoms with E-state index in [1.807, 2.05) is 0 Å². The van der Waals surface area contributed by atoms with Crippen LogP contribution < -0.4 is 10.6 Å². The normalized spacial score (nSPS) is 17.2. The molecule has 0 spiro atoms. The van der Waals surface area contributed by atoms with E-state index in [4.69, 9.17) is 0 Å². The zero-order chi connectivity index (χ0) is 22.0. The van der Waals surface area contributed by atoms with Crippen molar-refractivity contribution in [2.75, 3.05) is 23.7 Å². The molecule has 0 radical (unpaired) electrons. The lowest BCUT2D eigenvalue weighted by molar-refractivity contribution is -0.117. The largest absolute Gasteiger partial charge is 0.326 e. The summed E-state index contributed by atoms with van der Waals surface area (Å²) in [5, 5.41) is 5.68. The van der Waals surface area contributed by atoms with Crippen LogP contribution in [0.15, 0.2) is 47.4 Å². The number of hydrogen-bond acceptors (Lipinski definition) is 4. The minimum atomic E-state index is -3.62. The Kier molecular flexibility index (Phi) is 6.11. The molecule has 2 aromatic carbocycles. The van der Waals surface area contributed by atoms with Crippen LogP contribution in [0.25, 0.3) is 0 Å². The van der Waals surface area contributed by atoms with Gasteiger partial charge in [0.2, 0.25) is 15.9 Å². The van der Waals surface area contributed by atoms with Crippen molar-refractivity contribution in [2.45, 2.75) is 43.9 Å². The van der Waals surface area contributed by atoms with Gasteiger partial charge >= 0.3 is 0 Å². The van der Waals surface area contributed by atoms with Crippen LogP contribution in [0, 0.1) is 12.8 Å². The summed E-state index contributed by atoms with van der Waals surface area (Å²) in [5.41, 5.74) is 2.15. The fraction of sp³-hybridized carbons (Fsp3) is 0.391. The fourth-order valence-electron chi connectivity index (χ4n) is 3.72. The maximum atomic E-state index is 13.0. The summed E-state index contributed by atoms with van der Waals surface area (Å²) < 4.78 is 27.5. The third-order valence-electron chi connectivity index (χ3n) is 5.74. The minimum absolute atomic E-state index is 0.00468. The summed E-state index contributed by atoms with van der Waals surface area (Å²) in [6.45, 7) is 2.80. The fourth-order valence-corrected chi connectivity index (χ4v) is 5.27. The third kappa shape index (κ3) is 4.97. The molecular weight excluding hydrogens is 414 g/mol. The summed E-state index contributed by atoms with van der Waals surface area (Å²) in [5.74, 6) is -0.306. The van der Waals surface area contributed by atoms with Gasteiger partial charge in [0, 0.05) is 35.9 Å². The van der Waals surface area contributed by atoms with Gasteiger partial charge in [-0.3, -0.25) is 9.59 Å². The topological polar surface area (TPSA) is 95.6 Å². The quantitative estimate of drug-likeness (QED) is 0.713. The average molecular weight is 442 g/mol. The number of sulfonamides is 1. The van der Waals surface area contributed by atoms with Crippen molar-refractivity contribution in [3.05, 3.63) is 53.6 Å². The van der Waals surface area contributed by atoms with Gasteiger partial charge in [-0.25, -0.2) is 8.42 Å². The maximum absolute atomic E-state index is 13.0. The van der Waals surface area contributed by atoms with Crippen LogP contribution in [-0.4, -0.2) is 37.6 Å². The Morgan fingerprint density at radius 2 is 1.61 bits per heavy atom. The second-order valence-corrected chi connectivity index (χ2v) is 10.2. The Hall–Kier alpha value is -2.71. The zero-order valence-corrected chi connectivity index (χ0v) is 18.4. The zero-order valence-electron chi connectivity index (χ0n) is 17.6. The van der Waals surface area contributed by atoms with E-state index < -0.39 is 10.0 Å². The van der Waals surface area contributed by atoms with E-state index in [9.17, 15) is 18.0 Å². The third-order valence-corrected chi connectivity index (χ3v) is 7.64. The van der Waals surface area contributed by atoms with E-state index in [2.05, 4.69) is 10.6 Å². The molecule has 7 nitrogen and oxygen atoms in total. The van der Waals surface area contributed by atoms with Crippen molar-refractivity contribution in [2.24, 2.45) is 5.92 Å². The van der Waals surface area contributed by atoms with E-state index in [1.54, 1.807) is 43.3 Å². The highest BCUT2D eigenvalue weighted by molar-refractivity contribution is 7.89. The molecule has 2 amide bonds. The lowest BCUT2D eigenvalue weighted by atomic mass is 10.1. The molecule has 1 heterocycles. The van der Waals surface area contributed by atoms with Crippen molar-refractivity contribution < 1.29 is 18.0 Å². The number of anilines is 2. The molecule has 1 saturated heterocycles. The standard InChI is InChI=1S/C23H27N3O4S/c1-16-8-11-20(31(29,30)26-12-3-2-4-13-26)15-21(16)23(28)25-19-7-5-6-18(14-19)24-22(27)17-9-10-17/h5-8,11,14-15,17H,2-4,9-10,12-13H2,1H3,(H,24,27)(H,25,28). The molecule has 4 rings (SSSR count). The molecule has 1 saturated carbocycles. The van der Waals surface area contributed by atoms with E-state index in [0.717, 1.165) is 32.1 Å². The van der Waals surface area contributed by atoms with Gasteiger partial charge < -0.3 is 10.6 Å². The highest BCUT2D eigenvalue weighted by atomic mass is 32.2. The van der Waals surface area contributed by atoms with Crippen LogP contribution in [0.3, 0.4) is 0 Å². The maximum Gasteiger partial charge on any atom is 0.255 e.